The highest BCUT2D eigenvalue weighted by Gasteiger charge is 2.22. The van der Waals surface area contributed by atoms with E-state index in [1.807, 2.05) is 111 Å². The van der Waals surface area contributed by atoms with Crippen molar-refractivity contribution in [3.63, 3.8) is 0 Å². The van der Waals surface area contributed by atoms with Crippen LogP contribution in [0, 0.1) is 0 Å². The van der Waals surface area contributed by atoms with E-state index < -0.39 is 5.79 Å². The van der Waals surface area contributed by atoms with Gasteiger partial charge in [-0.1, -0.05) is 76.1 Å². The first kappa shape index (κ1) is 41.9. The third kappa shape index (κ3) is 14.4. The summed E-state index contributed by atoms with van der Waals surface area (Å²) in [7, 11) is 0. The van der Waals surface area contributed by atoms with Gasteiger partial charge in [-0.3, -0.25) is 0 Å². The lowest BCUT2D eigenvalue weighted by molar-refractivity contribution is -0.0810. The summed E-state index contributed by atoms with van der Waals surface area (Å²) in [6, 6.07) is 45.8. The molecule has 6 aromatic rings. The third-order valence-corrected chi connectivity index (χ3v) is 9.38. The van der Waals surface area contributed by atoms with Crippen molar-refractivity contribution in [3.05, 3.63) is 157 Å². The Morgan fingerprint density at radius 2 is 0.667 bits per heavy atom. The van der Waals surface area contributed by atoms with Gasteiger partial charge in [0.1, 0.15) is 34.5 Å². The molecule has 0 bridgehead atoms. The molecule has 0 amide bonds. The van der Waals surface area contributed by atoms with Crippen molar-refractivity contribution in [1.29, 1.82) is 0 Å². The molecule has 0 radical (unpaired) electrons. The number of ether oxygens (including phenoxy) is 4. The first-order chi connectivity index (χ1) is 27.5. The Bertz CT molecular complexity index is 1890. The van der Waals surface area contributed by atoms with Crippen LogP contribution in [0.5, 0.6) is 34.5 Å². The van der Waals surface area contributed by atoms with E-state index in [4.69, 9.17) is 41.9 Å². The van der Waals surface area contributed by atoms with Gasteiger partial charge in [-0.15, -0.1) is 0 Å². The number of nitrogens with two attached hydrogens (primary N) is 4. The molecule has 0 spiro atoms. The van der Waals surface area contributed by atoms with E-state index in [1.165, 1.54) is 62.5 Å². The average Bonchev–Trinajstić information content (AvgIpc) is 3.20. The van der Waals surface area contributed by atoms with Crippen LogP contribution in [0.25, 0.3) is 0 Å². The lowest BCUT2D eigenvalue weighted by Gasteiger charge is -2.27. The van der Waals surface area contributed by atoms with Crippen LogP contribution in [0.4, 0.5) is 22.7 Å². The van der Waals surface area contributed by atoms with Crippen molar-refractivity contribution in [1.82, 2.24) is 0 Å². The molecule has 0 aliphatic heterocycles. The zero-order valence-corrected chi connectivity index (χ0v) is 33.5. The molecular weight excluding hydrogens is 709 g/mol. The highest BCUT2D eigenvalue weighted by Crippen LogP contribution is 2.32. The number of hydrogen-bond acceptors (Lipinski definition) is 8. The van der Waals surface area contributed by atoms with E-state index >= 15 is 0 Å². The maximum atomic E-state index is 6.03. The molecular formula is C49H58N4O4. The van der Waals surface area contributed by atoms with Gasteiger partial charge in [0.25, 0.3) is 0 Å². The first-order valence-electron chi connectivity index (χ1n) is 19.9. The second kappa shape index (κ2) is 21.1. The minimum absolute atomic E-state index is 0.432. The number of nitrogen functional groups attached to an aromatic ring is 4. The molecule has 0 aliphatic carbocycles. The summed E-state index contributed by atoms with van der Waals surface area (Å²) in [4.78, 5) is 0. The Morgan fingerprint density at radius 1 is 0.386 bits per heavy atom. The Labute approximate surface area is 338 Å². The average molecular weight is 767 g/mol. The lowest BCUT2D eigenvalue weighted by Crippen LogP contribution is -2.35. The predicted octanol–water partition coefficient (Wildman–Crippen LogP) is 12.8. The van der Waals surface area contributed by atoms with Crippen LogP contribution in [0.1, 0.15) is 89.2 Å². The van der Waals surface area contributed by atoms with Crippen molar-refractivity contribution >= 4 is 22.7 Å². The van der Waals surface area contributed by atoms with Gasteiger partial charge in [0.2, 0.25) is 5.79 Å². The van der Waals surface area contributed by atoms with Gasteiger partial charge in [-0.2, -0.15) is 0 Å². The van der Waals surface area contributed by atoms with E-state index in [1.54, 1.807) is 24.3 Å². The molecule has 0 heterocycles. The SMILES string of the molecule is CC(C)(Oc1ccc(Oc2ccc(N)cc2)cc1)Oc1ccc(Oc2ccc(N)cc2)cc1.CCCCCCCCCC(c1ccc(N)cc1)c1ccc(N)cc1. The first-order valence-corrected chi connectivity index (χ1v) is 19.9. The van der Waals surface area contributed by atoms with Crippen LogP contribution >= 0.6 is 0 Å². The minimum Gasteiger partial charge on any atom is -0.457 e. The van der Waals surface area contributed by atoms with Gasteiger partial charge in [0.05, 0.1) is 0 Å². The third-order valence-electron chi connectivity index (χ3n) is 9.38. The number of unbranched alkanes of at least 4 members (excludes halogenated alkanes) is 6. The number of rotatable bonds is 18. The maximum Gasteiger partial charge on any atom is 0.245 e. The number of anilines is 4. The van der Waals surface area contributed by atoms with Gasteiger partial charge < -0.3 is 41.9 Å². The number of benzene rings is 6. The summed E-state index contributed by atoms with van der Waals surface area (Å²) in [5.74, 6) is 3.68. The lowest BCUT2D eigenvalue weighted by atomic mass is 9.86. The molecule has 8 nitrogen and oxygen atoms in total. The summed E-state index contributed by atoms with van der Waals surface area (Å²) in [6.45, 7) is 5.97. The van der Waals surface area contributed by atoms with Crippen LogP contribution in [-0.2, 0) is 0 Å². The molecule has 57 heavy (non-hydrogen) atoms. The standard InChI is InChI=1S/C27H26N2O4.C22H32N2/c1-27(2,32-25-15-11-23(12-16-25)30-21-7-3-19(28)4-8-21)33-26-17-13-24(14-18-26)31-22-9-5-20(29)6-10-22;1-2-3-4-5-6-7-8-9-22(18-10-14-20(23)15-11-18)19-12-16-21(24)17-13-19/h3-18H,28-29H2,1-2H3;10-17,22H,2-9,23-24H2,1H3. The molecule has 0 aromatic heterocycles. The molecule has 0 saturated carbocycles. The summed E-state index contributed by atoms with van der Waals surface area (Å²) in [6.07, 6.45) is 10.6. The van der Waals surface area contributed by atoms with Crippen LogP contribution in [0.15, 0.2) is 146 Å². The molecule has 0 saturated heterocycles. The zero-order valence-electron chi connectivity index (χ0n) is 33.5. The van der Waals surface area contributed by atoms with Crippen molar-refractivity contribution in [2.24, 2.45) is 0 Å². The fourth-order valence-corrected chi connectivity index (χ4v) is 6.37. The highest BCUT2D eigenvalue weighted by atomic mass is 16.7. The molecule has 6 rings (SSSR count). The fraction of sp³-hybridized carbons (Fsp3) is 0.265. The second-order valence-electron chi connectivity index (χ2n) is 14.7. The maximum absolute atomic E-state index is 6.03. The van der Waals surface area contributed by atoms with Crippen molar-refractivity contribution < 1.29 is 18.9 Å². The Hall–Kier alpha value is -6.28. The number of hydrogen-bond donors (Lipinski definition) is 4. The molecule has 0 fully saturated rings. The summed E-state index contributed by atoms with van der Waals surface area (Å²) in [5, 5.41) is 0. The molecule has 6 aromatic carbocycles. The van der Waals surface area contributed by atoms with Crippen molar-refractivity contribution in [3.8, 4) is 34.5 Å². The van der Waals surface area contributed by atoms with E-state index in [-0.39, 0.29) is 0 Å². The summed E-state index contributed by atoms with van der Waals surface area (Å²) in [5.41, 5.74) is 28.8. The van der Waals surface area contributed by atoms with E-state index in [2.05, 4.69) is 31.2 Å². The van der Waals surface area contributed by atoms with Crippen LogP contribution in [-0.4, -0.2) is 5.79 Å². The van der Waals surface area contributed by atoms with Gasteiger partial charge >= 0.3 is 0 Å². The molecule has 0 atom stereocenters. The summed E-state index contributed by atoms with van der Waals surface area (Å²) < 4.78 is 23.7. The smallest absolute Gasteiger partial charge is 0.245 e. The van der Waals surface area contributed by atoms with Crippen molar-refractivity contribution in [2.45, 2.75) is 83.8 Å². The zero-order chi connectivity index (χ0) is 40.5. The quantitative estimate of drug-likeness (QED) is 0.0385. The Kier molecular flexibility index (Phi) is 15.5. The van der Waals surface area contributed by atoms with Gasteiger partial charge in [-0.05, 0) is 139 Å². The van der Waals surface area contributed by atoms with Crippen molar-refractivity contribution in [2.75, 3.05) is 22.9 Å². The predicted molar refractivity (Wildman–Crippen MR) is 236 cm³/mol. The van der Waals surface area contributed by atoms with E-state index in [0.29, 0.717) is 51.8 Å². The van der Waals surface area contributed by atoms with Crippen LogP contribution in [0.2, 0.25) is 0 Å². The van der Waals surface area contributed by atoms with Gasteiger partial charge in [0, 0.05) is 42.5 Å². The van der Waals surface area contributed by atoms with Gasteiger partial charge in [0.15, 0.2) is 0 Å². The molecule has 0 unspecified atom stereocenters. The monoisotopic (exact) mass is 766 g/mol. The topological polar surface area (TPSA) is 141 Å². The minimum atomic E-state index is -0.890. The second-order valence-corrected chi connectivity index (χ2v) is 14.7. The Balaban J connectivity index is 0.000000230. The largest absolute Gasteiger partial charge is 0.457 e. The van der Waals surface area contributed by atoms with Crippen LogP contribution in [0.3, 0.4) is 0 Å². The molecule has 8 N–H and O–H groups in total. The molecule has 298 valence electrons. The van der Waals surface area contributed by atoms with E-state index in [0.717, 1.165) is 11.4 Å². The molecule has 0 aliphatic rings. The van der Waals surface area contributed by atoms with Crippen LogP contribution < -0.4 is 41.9 Å². The fourth-order valence-electron chi connectivity index (χ4n) is 6.37. The highest BCUT2D eigenvalue weighted by molar-refractivity contribution is 5.47. The normalized spacial score (nSPS) is 11.0. The van der Waals surface area contributed by atoms with Gasteiger partial charge in [-0.25, -0.2) is 0 Å². The van der Waals surface area contributed by atoms with E-state index in [9.17, 15) is 0 Å². The Morgan fingerprint density at radius 3 is 1.02 bits per heavy atom. The summed E-state index contributed by atoms with van der Waals surface area (Å²) >= 11 is 0. The molecule has 8 heteroatoms.